The van der Waals surface area contributed by atoms with E-state index >= 15 is 0 Å². The minimum absolute atomic E-state index is 0.0146. The summed E-state index contributed by atoms with van der Waals surface area (Å²) in [4.78, 5) is 52.6. The molecule has 282 valence electrons. The van der Waals surface area contributed by atoms with Gasteiger partial charge in [0.1, 0.15) is 35.8 Å². The highest BCUT2D eigenvalue weighted by atomic mass is 31.2. The molecule has 15 nitrogen and oxygen atoms in total. The summed E-state index contributed by atoms with van der Waals surface area (Å²) in [6.07, 6.45) is 18.2. The first-order valence-corrected chi connectivity index (χ1v) is 19.9. The fraction of sp³-hybridized carbons (Fsp3) is 0.765. The fourth-order valence-corrected chi connectivity index (χ4v) is 7.60. The van der Waals surface area contributed by atoms with E-state index in [-0.39, 0.29) is 18.7 Å². The molecule has 2 fully saturated rings. The smallest absolute Gasteiger partial charge is 0.393 e. The second-order valence-electron chi connectivity index (χ2n) is 13.7. The van der Waals surface area contributed by atoms with Gasteiger partial charge in [-0.15, -0.1) is 0 Å². The van der Waals surface area contributed by atoms with Crippen molar-refractivity contribution in [3.63, 3.8) is 0 Å². The summed E-state index contributed by atoms with van der Waals surface area (Å²) in [5.74, 6) is 0.509. The summed E-state index contributed by atoms with van der Waals surface area (Å²) in [7, 11) is -5.01. The van der Waals surface area contributed by atoms with Crippen LogP contribution in [-0.2, 0) is 18.6 Å². The Morgan fingerprint density at radius 2 is 1.48 bits per heavy atom. The normalized spacial score (nSPS) is 23.8. The number of aliphatic hydroxyl groups excluding tert-OH is 1. The predicted molar refractivity (Wildman–Crippen MR) is 189 cm³/mol. The zero-order valence-corrected chi connectivity index (χ0v) is 30.3. The Morgan fingerprint density at radius 1 is 0.900 bits per heavy atom. The van der Waals surface area contributed by atoms with Gasteiger partial charge in [0, 0.05) is 31.8 Å². The Labute approximate surface area is 294 Å². The Kier molecular flexibility index (Phi) is 15.9. The number of rotatable bonds is 23. The van der Waals surface area contributed by atoms with Gasteiger partial charge in [0.2, 0.25) is 0 Å². The van der Waals surface area contributed by atoms with Crippen molar-refractivity contribution in [1.82, 2.24) is 19.1 Å². The molecule has 6 N–H and O–H groups in total. The molecule has 0 bridgehead atoms. The van der Waals surface area contributed by atoms with E-state index in [4.69, 9.17) is 19.7 Å². The lowest BCUT2D eigenvalue weighted by molar-refractivity contribution is -0.151. The van der Waals surface area contributed by atoms with Crippen LogP contribution in [0.3, 0.4) is 0 Å². The van der Waals surface area contributed by atoms with Crippen LogP contribution in [0.2, 0.25) is 0 Å². The number of ether oxygens (including phenoxy) is 2. The summed E-state index contributed by atoms with van der Waals surface area (Å²) < 4.78 is 31.8. The third-order valence-corrected chi connectivity index (χ3v) is 10.2. The van der Waals surface area contributed by atoms with E-state index in [1.165, 1.54) is 105 Å². The summed E-state index contributed by atoms with van der Waals surface area (Å²) in [5.41, 5.74) is 2.80. The van der Waals surface area contributed by atoms with E-state index in [0.29, 0.717) is 25.2 Å². The molecular weight excluding hydrogens is 667 g/mol. The van der Waals surface area contributed by atoms with Gasteiger partial charge in [-0.25, -0.2) is 14.2 Å². The van der Waals surface area contributed by atoms with Crippen LogP contribution in [0.15, 0.2) is 34.1 Å². The third-order valence-electron chi connectivity index (χ3n) is 9.70. The fourth-order valence-electron chi connectivity index (χ4n) is 6.99. The van der Waals surface area contributed by atoms with Crippen LogP contribution in [0.5, 0.6) is 0 Å². The number of hydrogen-bond donors (Lipinski definition) is 5. The summed E-state index contributed by atoms with van der Waals surface area (Å²) >= 11 is 0. The molecule has 50 heavy (non-hydrogen) atoms. The molecule has 2 aromatic rings. The maximum absolute atomic E-state index is 13.1. The second kappa shape index (κ2) is 19.8. The number of aliphatic hydroxyl groups is 1. The summed E-state index contributed by atoms with van der Waals surface area (Å²) in [6.45, 7) is 2.27. The molecule has 0 aliphatic carbocycles. The molecule has 0 radical (unpaired) electrons. The van der Waals surface area contributed by atoms with E-state index < -0.39 is 56.1 Å². The topological polar surface area (TPSA) is 213 Å². The number of nitrogen functional groups attached to an aromatic ring is 1. The van der Waals surface area contributed by atoms with Crippen LogP contribution >= 0.6 is 7.82 Å². The number of phosphoric acid groups is 1. The van der Waals surface area contributed by atoms with E-state index in [1.54, 1.807) is 6.07 Å². The van der Waals surface area contributed by atoms with Gasteiger partial charge < -0.3 is 35.4 Å². The second-order valence-corrected chi connectivity index (χ2v) is 14.9. The first-order chi connectivity index (χ1) is 24.0. The van der Waals surface area contributed by atoms with E-state index in [9.17, 15) is 29.0 Å². The summed E-state index contributed by atoms with van der Waals surface area (Å²) in [6, 6.07) is 3.13. The molecule has 4 heterocycles. The molecule has 0 spiro atoms. The number of nitrogens with one attached hydrogen (secondary N) is 1. The van der Waals surface area contributed by atoms with Crippen molar-refractivity contribution in [1.29, 1.82) is 0 Å². The van der Waals surface area contributed by atoms with Gasteiger partial charge in [0.05, 0.1) is 12.7 Å². The quantitative estimate of drug-likeness (QED) is 0.0740. The van der Waals surface area contributed by atoms with Gasteiger partial charge in [0.25, 0.3) is 0 Å². The Balaban J connectivity index is 1.24. The van der Waals surface area contributed by atoms with Gasteiger partial charge >= 0.3 is 19.2 Å². The van der Waals surface area contributed by atoms with Crippen LogP contribution in [0.1, 0.15) is 135 Å². The monoisotopic (exact) mass is 724 g/mol. The first kappa shape index (κ1) is 40.1. The van der Waals surface area contributed by atoms with Crippen molar-refractivity contribution >= 4 is 19.5 Å². The number of nitrogens with zero attached hydrogens (tertiary/aromatic N) is 4. The molecule has 2 saturated heterocycles. The SMILES string of the molecule is CCCCCCCCCCCCCCCCNc1ccn([C@H]2C[C@H](OP(=O)(O)O)[C@](CO)(C[C@@H]3CC[C@H](n4ccc(N)nc4=O)O3)O2)c(=O)n1. The number of aromatic nitrogens is 4. The van der Waals surface area contributed by atoms with Crippen molar-refractivity contribution in [3.8, 4) is 0 Å². The van der Waals surface area contributed by atoms with Crippen LogP contribution < -0.4 is 22.4 Å². The first-order valence-electron chi connectivity index (χ1n) is 18.4. The highest BCUT2D eigenvalue weighted by molar-refractivity contribution is 7.46. The van der Waals surface area contributed by atoms with Crippen LogP contribution in [0.25, 0.3) is 0 Å². The lowest BCUT2D eigenvalue weighted by Gasteiger charge is -2.34. The van der Waals surface area contributed by atoms with E-state index in [1.807, 2.05) is 0 Å². The van der Waals surface area contributed by atoms with E-state index in [2.05, 4.69) is 22.2 Å². The highest BCUT2D eigenvalue weighted by Gasteiger charge is 2.54. The predicted octanol–water partition coefficient (Wildman–Crippen LogP) is 5.17. The Morgan fingerprint density at radius 3 is 2.06 bits per heavy atom. The van der Waals surface area contributed by atoms with Crippen LogP contribution in [-0.4, -0.2) is 65.0 Å². The van der Waals surface area contributed by atoms with E-state index in [0.717, 1.165) is 12.8 Å². The molecule has 2 aromatic heterocycles. The van der Waals surface area contributed by atoms with Gasteiger partial charge in [-0.3, -0.25) is 13.7 Å². The zero-order valence-electron chi connectivity index (χ0n) is 29.4. The van der Waals surface area contributed by atoms with Crippen molar-refractivity contribution in [2.24, 2.45) is 0 Å². The number of hydrogen-bond acceptors (Lipinski definition) is 11. The van der Waals surface area contributed by atoms with Gasteiger partial charge in [-0.05, 0) is 31.4 Å². The molecule has 4 rings (SSSR count). The number of nitrogens with two attached hydrogens (primary N) is 1. The summed E-state index contributed by atoms with van der Waals surface area (Å²) in [5, 5.41) is 13.7. The van der Waals surface area contributed by atoms with Crippen LogP contribution in [0, 0.1) is 0 Å². The van der Waals surface area contributed by atoms with Crippen molar-refractivity contribution < 1.29 is 33.5 Å². The molecule has 2 aliphatic rings. The molecule has 5 atom stereocenters. The Hall–Kier alpha value is -2.65. The lowest BCUT2D eigenvalue weighted by atomic mass is 9.90. The number of unbranched alkanes of at least 4 members (excludes halogenated alkanes) is 13. The highest BCUT2D eigenvalue weighted by Crippen LogP contribution is 2.50. The zero-order chi connectivity index (χ0) is 36.0. The molecule has 0 aromatic carbocycles. The average Bonchev–Trinajstić information content (AvgIpc) is 3.66. The average molecular weight is 725 g/mol. The van der Waals surface area contributed by atoms with Gasteiger partial charge in [0.15, 0.2) is 0 Å². The minimum Gasteiger partial charge on any atom is -0.393 e. The third kappa shape index (κ3) is 12.2. The molecule has 0 unspecified atom stereocenters. The lowest BCUT2D eigenvalue weighted by Crippen LogP contribution is -2.47. The van der Waals surface area contributed by atoms with Gasteiger partial charge in [-0.2, -0.15) is 9.97 Å². The van der Waals surface area contributed by atoms with Crippen molar-refractivity contribution in [2.75, 3.05) is 24.2 Å². The Bertz CT molecular complexity index is 1490. The van der Waals surface area contributed by atoms with Crippen molar-refractivity contribution in [3.05, 3.63) is 45.5 Å². The number of phosphoric ester groups is 1. The minimum atomic E-state index is -5.01. The molecule has 2 aliphatic heterocycles. The molecule has 0 saturated carbocycles. The standard InChI is InChI=1S/C34H57N6O9P/c1-2-3-4-5-6-7-8-9-10-11-12-13-14-15-20-36-29-19-22-40(33(43)38-29)31-23-27(49-50(44,45)46)34(25-41,48-31)24-26-16-17-30(47-26)39-21-18-28(35)37-32(39)42/h18-19,21-22,26-27,30-31,41H,2-17,20,23-25H2,1H3,(H2,35,37,42)(H,36,38,43)(H2,44,45,46)/t26-,27-,30+,31+,34+/m0/s1. The van der Waals surface area contributed by atoms with Crippen molar-refractivity contribution in [2.45, 2.75) is 153 Å². The molecule has 0 amide bonds. The molecule has 16 heteroatoms. The maximum Gasteiger partial charge on any atom is 0.469 e. The van der Waals surface area contributed by atoms with Crippen LogP contribution in [0.4, 0.5) is 11.6 Å². The van der Waals surface area contributed by atoms with Gasteiger partial charge in [-0.1, -0.05) is 90.4 Å². The maximum atomic E-state index is 13.1. The molecular formula is C34H57N6O9P. The number of anilines is 2. The largest absolute Gasteiger partial charge is 0.469 e.